The van der Waals surface area contributed by atoms with Gasteiger partial charge in [-0.25, -0.2) is 8.42 Å². The summed E-state index contributed by atoms with van der Waals surface area (Å²) < 4.78 is 23.6. The van der Waals surface area contributed by atoms with Crippen LogP contribution in [0.25, 0.3) is 0 Å². The second kappa shape index (κ2) is 6.77. The van der Waals surface area contributed by atoms with E-state index in [9.17, 15) is 8.42 Å². The van der Waals surface area contributed by atoms with Crippen LogP contribution in [-0.2, 0) is 9.84 Å². The summed E-state index contributed by atoms with van der Waals surface area (Å²) in [6, 6.07) is 7.54. The summed E-state index contributed by atoms with van der Waals surface area (Å²) >= 11 is 0. The number of hydrogen-bond donors (Lipinski definition) is 1. The summed E-state index contributed by atoms with van der Waals surface area (Å²) in [5.74, 6) is 0.128. The normalized spacial score (nSPS) is 20.7. The maximum absolute atomic E-state index is 11.8. The SMILES string of the molecule is CCS(=O)(=O)c1ccc(N2CCN(CCO)[C@@H](C)C2)cc1. The molecular formula is C15H24N2O3S. The Morgan fingerprint density at radius 1 is 1.24 bits per heavy atom. The molecule has 1 atom stereocenters. The average Bonchev–Trinajstić information content (AvgIpc) is 2.49. The van der Waals surface area contributed by atoms with Crippen LogP contribution in [0.15, 0.2) is 29.2 Å². The van der Waals surface area contributed by atoms with E-state index in [-0.39, 0.29) is 12.4 Å². The fourth-order valence-electron chi connectivity index (χ4n) is 2.72. The van der Waals surface area contributed by atoms with E-state index in [1.165, 1.54) is 0 Å². The zero-order valence-electron chi connectivity index (χ0n) is 12.7. The van der Waals surface area contributed by atoms with Crippen molar-refractivity contribution >= 4 is 15.5 Å². The number of β-amino-alcohol motifs (C(OH)–C–C–N with tert-alkyl or cyclic N) is 1. The highest BCUT2D eigenvalue weighted by atomic mass is 32.2. The van der Waals surface area contributed by atoms with Crippen LogP contribution < -0.4 is 4.90 Å². The van der Waals surface area contributed by atoms with Gasteiger partial charge in [0.05, 0.1) is 17.3 Å². The van der Waals surface area contributed by atoms with Crippen molar-refractivity contribution in [1.29, 1.82) is 0 Å². The molecule has 1 N–H and O–H groups in total. The molecule has 0 aromatic heterocycles. The molecule has 1 aliphatic rings. The molecule has 1 aromatic rings. The molecule has 0 amide bonds. The molecule has 1 heterocycles. The van der Waals surface area contributed by atoms with Crippen molar-refractivity contribution in [2.24, 2.45) is 0 Å². The standard InChI is InChI=1S/C15H24N2O3S/c1-3-21(19,20)15-6-4-14(5-7-15)17-9-8-16(10-11-18)13(2)12-17/h4-7,13,18H,3,8-12H2,1-2H3/t13-/m0/s1. The first-order valence-corrected chi connectivity index (χ1v) is 9.06. The fraction of sp³-hybridized carbons (Fsp3) is 0.600. The molecular weight excluding hydrogens is 288 g/mol. The van der Waals surface area contributed by atoms with Crippen molar-refractivity contribution < 1.29 is 13.5 Å². The number of piperazine rings is 1. The van der Waals surface area contributed by atoms with Crippen molar-refractivity contribution in [3.63, 3.8) is 0 Å². The lowest BCUT2D eigenvalue weighted by molar-refractivity contribution is 0.146. The monoisotopic (exact) mass is 312 g/mol. The van der Waals surface area contributed by atoms with Crippen molar-refractivity contribution in [2.45, 2.75) is 24.8 Å². The summed E-state index contributed by atoms with van der Waals surface area (Å²) in [6.07, 6.45) is 0. The van der Waals surface area contributed by atoms with Gasteiger partial charge in [0.2, 0.25) is 0 Å². The first-order valence-electron chi connectivity index (χ1n) is 7.40. The third-order valence-corrected chi connectivity index (χ3v) is 5.84. The van der Waals surface area contributed by atoms with Crippen LogP contribution in [0.1, 0.15) is 13.8 Å². The number of rotatable bonds is 5. The number of benzene rings is 1. The molecule has 5 nitrogen and oxygen atoms in total. The molecule has 1 saturated heterocycles. The van der Waals surface area contributed by atoms with Crippen LogP contribution in [0.2, 0.25) is 0 Å². The Kier molecular flexibility index (Phi) is 5.24. The van der Waals surface area contributed by atoms with Gasteiger partial charge < -0.3 is 10.0 Å². The largest absolute Gasteiger partial charge is 0.395 e. The van der Waals surface area contributed by atoms with Crippen LogP contribution in [0.5, 0.6) is 0 Å². The lowest BCUT2D eigenvalue weighted by atomic mass is 10.1. The molecule has 1 aliphatic heterocycles. The molecule has 0 saturated carbocycles. The Bertz CT molecular complexity index is 557. The van der Waals surface area contributed by atoms with Crippen LogP contribution in [0, 0.1) is 0 Å². The molecule has 0 unspecified atom stereocenters. The van der Waals surface area contributed by atoms with Gasteiger partial charge in [-0.15, -0.1) is 0 Å². The van der Waals surface area contributed by atoms with Crippen molar-refractivity contribution in [2.75, 3.05) is 43.4 Å². The zero-order valence-corrected chi connectivity index (χ0v) is 13.5. The van der Waals surface area contributed by atoms with Gasteiger partial charge in [-0.1, -0.05) is 6.92 Å². The van der Waals surface area contributed by atoms with E-state index < -0.39 is 9.84 Å². The van der Waals surface area contributed by atoms with Gasteiger partial charge in [0.15, 0.2) is 9.84 Å². The Labute approximate surface area is 127 Å². The van der Waals surface area contributed by atoms with Crippen molar-refractivity contribution in [3.8, 4) is 0 Å². The van der Waals surface area contributed by atoms with Crippen LogP contribution in [-0.4, -0.2) is 63.0 Å². The maximum atomic E-state index is 11.8. The molecule has 0 radical (unpaired) electrons. The van der Waals surface area contributed by atoms with Crippen molar-refractivity contribution in [1.82, 2.24) is 4.90 Å². The van der Waals surface area contributed by atoms with Gasteiger partial charge in [-0.2, -0.15) is 0 Å². The molecule has 2 rings (SSSR count). The quantitative estimate of drug-likeness (QED) is 0.878. The first-order chi connectivity index (χ1) is 9.97. The fourth-order valence-corrected chi connectivity index (χ4v) is 3.61. The Morgan fingerprint density at radius 3 is 2.43 bits per heavy atom. The summed E-state index contributed by atoms with van der Waals surface area (Å²) in [5.41, 5.74) is 1.06. The predicted molar refractivity (Wildman–Crippen MR) is 84.5 cm³/mol. The number of hydrogen-bond acceptors (Lipinski definition) is 5. The second-order valence-electron chi connectivity index (χ2n) is 5.45. The molecule has 1 aromatic carbocycles. The van der Waals surface area contributed by atoms with E-state index in [0.717, 1.165) is 25.3 Å². The van der Waals surface area contributed by atoms with Crippen LogP contribution >= 0.6 is 0 Å². The lowest BCUT2D eigenvalue weighted by Crippen LogP contribution is -2.52. The van der Waals surface area contributed by atoms with Crippen LogP contribution in [0.4, 0.5) is 5.69 Å². The molecule has 21 heavy (non-hydrogen) atoms. The molecule has 0 spiro atoms. The van der Waals surface area contributed by atoms with Gasteiger partial charge in [-0.05, 0) is 31.2 Å². The van der Waals surface area contributed by atoms with E-state index >= 15 is 0 Å². The number of nitrogens with zero attached hydrogens (tertiary/aromatic N) is 2. The highest BCUT2D eigenvalue weighted by Crippen LogP contribution is 2.21. The third kappa shape index (κ3) is 3.75. The first kappa shape index (κ1) is 16.3. The number of aliphatic hydroxyl groups excluding tert-OH is 1. The van der Waals surface area contributed by atoms with Gasteiger partial charge in [0.25, 0.3) is 0 Å². The molecule has 118 valence electrons. The zero-order chi connectivity index (χ0) is 15.5. The minimum Gasteiger partial charge on any atom is -0.395 e. The molecule has 0 bridgehead atoms. The minimum atomic E-state index is -3.13. The Balaban J connectivity index is 2.07. The lowest BCUT2D eigenvalue weighted by Gasteiger charge is -2.40. The average molecular weight is 312 g/mol. The Hall–Kier alpha value is -1.11. The van der Waals surface area contributed by atoms with Gasteiger partial charge in [0, 0.05) is 37.9 Å². The molecule has 6 heteroatoms. The summed E-state index contributed by atoms with van der Waals surface area (Å²) in [7, 11) is -3.13. The minimum absolute atomic E-state index is 0.128. The number of aliphatic hydroxyl groups is 1. The predicted octanol–water partition coefficient (Wildman–Crippen LogP) is 0.983. The highest BCUT2D eigenvalue weighted by molar-refractivity contribution is 7.91. The molecule has 1 fully saturated rings. The van der Waals surface area contributed by atoms with Crippen LogP contribution in [0.3, 0.4) is 0 Å². The van der Waals surface area contributed by atoms with E-state index in [1.54, 1.807) is 19.1 Å². The van der Waals surface area contributed by atoms with Gasteiger partial charge >= 0.3 is 0 Å². The summed E-state index contributed by atoms with van der Waals surface area (Å²) in [6.45, 7) is 7.40. The maximum Gasteiger partial charge on any atom is 0.178 e. The second-order valence-corrected chi connectivity index (χ2v) is 7.73. The Morgan fingerprint density at radius 2 is 1.90 bits per heavy atom. The highest BCUT2D eigenvalue weighted by Gasteiger charge is 2.23. The van der Waals surface area contributed by atoms with Gasteiger partial charge in [0.1, 0.15) is 0 Å². The topological polar surface area (TPSA) is 60.9 Å². The molecule has 0 aliphatic carbocycles. The van der Waals surface area contributed by atoms with E-state index in [1.807, 2.05) is 12.1 Å². The number of anilines is 1. The van der Waals surface area contributed by atoms with E-state index in [4.69, 9.17) is 5.11 Å². The summed E-state index contributed by atoms with van der Waals surface area (Å²) in [5, 5.41) is 9.04. The number of sulfone groups is 1. The smallest absolute Gasteiger partial charge is 0.178 e. The van der Waals surface area contributed by atoms with Crippen molar-refractivity contribution in [3.05, 3.63) is 24.3 Å². The van der Waals surface area contributed by atoms with Gasteiger partial charge in [-0.3, -0.25) is 4.90 Å². The van der Waals surface area contributed by atoms with E-state index in [2.05, 4.69) is 16.7 Å². The summed E-state index contributed by atoms with van der Waals surface area (Å²) in [4.78, 5) is 4.92. The van der Waals surface area contributed by atoms with E-state index in [0.29, 0.717) is 17.5 Å². The third-order valence-electron chi connectivity index (χ3n) is 4.09.